The lowest BCUT2D eigenvalue weighted by Gasteiger charge is -2.16. The molecule has 0 aromatic heterocycles. The summed E-state index contributed by atoms with van der Waals surface area (Å²) in [4.78, 5) is 24.7. The average Bonchev–Trinajstić information content (AvgIpc) is 2.68. The Kier molecular flexibility index (Phi) is 7.44. The molecule has 1 atom stereocenters. The number of anilines is 1. The summed E-state index contributed by atoms with van der Waals surface area (Å²) in [5.74, 6) is -0.0469. The Morgan fingerprint density at radius 1 is 1.00 bits per heavy atom. The van der Waals surface area contributed by atoms with Crippen molar-refractivity contribution >= 4 is 17.6 Å². The van der Waals surface area contributed by atoms with Crippen LogP contribution in [-0.4, -0.2) is 31.2 Å². The van der Waals surface area contributed by atoms with Crippen LogP contribution in [0.25, 0.3) is 0 Å². The van der Waals surface area contributed by atoms with Crippen molar-refractivity contribution in [2.75, 3.05) is 12.4 Å². The monoisotopic (exact) mass is 385 g/mol. The van der Waals surface area contributed by atoms with Gasteiger partial charge in [-0.3, -0.25) is 4.79 Å². The summed E-state index contributed by atoms with van der Waals surface area (Å²) in [7, 11) is 1.50. The molecule has 0 saturated carbocycles. The lowest BCUT2D eigenvalue weighted by molar-refractivity contribution is -0.123. The van der Waals surface area contributed by atoms with Crippen LogP contribution in [0.1, 0.15) is 43.6 Å². The molecule has 0 aliphatic rings. The van der Waals surface area contributed by atoms with Crippen LogP contribution in [0.15, 0.2) is 42.5 Å². The molecule has 0 heterocycles. The molecule has 6 heteroatoms. The van der Waals surface area contributed by atoms with E-state index in [2.05, 4.69) is 12.2 Å². The SMILES string of the molecule is CCc1ccc(NC(=O)C(C)OC(=O)c2ccc(OC(C)C)c(OC)c2)cc1. The van der Waals surface area contributed by atoms with Gasteiger partial charge >= 0.3 is 5.97 Å². The van der Waals surface area contributed by atoms with Gasteiger partial charge < -0.3 is 19.5 Å². The van der Waals surface area contributed by atoms with Gasteiger partial charge in [-0.05, 0) is 63.1 Å². The summed E-state index contributed by atoms with van der Waals surface area (Å²) in [6, 6.07) is 12.3. The van der Waals surface area contributed by atoms with E-state index in [4.69, 9.17) is 14.2 Å². The Hall–Kier alpha value is -3.02. The van der Waals surface area contributed by atoms with Crippen LogP contribution in [-0.2, 0) is 16.0 Å². The Morgan fingerprint density at radius 2 is 1.68 bits per heavy atom. The van der Waals surface area contributed by atoms with Gasteiger partial charge in [0.15, 0.2) is 17.6 Å². The van der Waals surface area contributed by atoms with E-state index in [0.29, 0.717) is 17.2 Å². The number of rotatable bonds is 8. The standard InChI is InChI=1S/C22H27NO5/c1-6-16-7-10-18(11-8-16)23-21(24)15(4)28-22(25)17-9-12-19(27-14(2)3)20(13-17)26-5/h7-15H,6H2,1-5H3,(H,23,24). The predicted molar refractivity (Wildman–Crippen MR) is 108 cm³/mol. The van der Waals surface area contributed by atoms with Crippen molar-refractivity contribution in [2.45, 2.75) is 46.3 Å². The summed E-state index contributed by atoms with van der Waals surface area (Å²) < 4.78 is 16.2. The molecule has 28 heavy (non-hydrogen) atoms. The molecule has 0 saturated heterocycles. The average molecular weight is 385 g/mol. The molecule has 0 bridgehead atoms. The maximum Gasteiger partial charge on any atom is 0.339 e. The number of nitrogens with one attached hydrogen (secondary N) is 1. The van der Waals surface area contributed by atoms with Crippen molar-refractivity contribution < 1.29 is 23.8 Å². The molecule has 2 aromatic rings. The third-order valence-electron chi connectivity index (χ3n) is 4.04. The fraction of sp³-hybridized carbons (Fsp3) is 0.364. The quantitative estimate of drug-likeness (QED) is 0.689. The number of aryl methyl sites for hydroxylation is 1. The maximum absolute atomic E-state index is 12.4. The molecular formula is C22H27NO5. The molecular weight excluding hydrogens is 358 g/mol. The number of methoxy groups -OCH3 is 1. The molecule has 150 valence electrons. The van der Waals surface area contributed by atoms with Gasteiger partial charge in [0.2, 0.25) is 0 Å². The van der Waals surface area contributed by atoms with E-state index in [1.54, 1.807) is 12.1 Å². The minimum absolute atomic E-state index is 0.0261. The van der Waals surface area contributed by atoms with Gasteiger partial charge in [-0.15, -0.1) is 0 Å². The number of carbonyl (C=O) groups excluding carboxylic acids is 2. The van der Waals surface area contributed by atoms with Gasteiger partial charge in [0.25, 0.3) is 5.91 Å². The topological polar surface area (TPSA) is 73.9 Å². The molecule has 1 amide bonds. The highest BCUT2D eigenvalue weighted by atomic mass is 16.5. The van der Waals surface area contributed by atoms with E-state index < -0.39 is 18.0 Å². The summed E-state index contributed by atoms with van der Waals surface area (Å²) in [5, 5.41) is 2.74. The van der Waals surface area contributed by atoms with Crippen molar-refractivity contribution in [3.8, 4) is 11.5 Å². The second-order valence-electron chi connectivity index (χ2n) is 6.62. The lowest BCUT2D eigenvalue weighted by atomic mass is 10.1. The molecule has 2 rings (SSSR count). The molecule has 0 fully saturated rings. The van der Waals surface area contributed by atoms with Gasteiger partial charge in [-0.25, -0.2) is 4.79 Å². The Morgan fingerprint density at radius 3 is 2.25 bits per heavy atom. The van der Waals surface area contributed by atoms with Gasteiger partial charge in [0.05, 0.1) is 18.8 Å². The highest BCUT2D eigenvalue weighted by Gasteiger charge is 2.20. The van der Waals surface area contributed by atoms with Gasteiger partial charge in [0.1, 0.15) is 0 Å². The molecule has 0 radical (unpaired) electrons. The fourth-order valence-corrected chi connectivity index (χ4v) is 2.50. The van der Waals surface area contributed by atoms with Crippen LogP contribution < -0.4 is 14.8 Å². The van der Waals surface area contributed by atoms with Crippen LogP contribution in [0.4, 0.5) is 5.69 Å². The number of carbonyl (C=O) groups is 2. The zero-order valence-electron chi connectivity index (χ0n) is 16.9. The maximum atomic E-state index is 12.4. The Bertz CT molecular complexity index is 814. The van der Waals surface area contributed by atoms with E-state index in [0.717, 1.165) is 6.42 Å². The minimum Gasteiger partial charge on any atom is -0.493 e. The summed E-state index contributed by atoms with van der Waals surface area (Å²) >= 11 is 0. The summed E-state index contributed by atoms with van der Waals surface area (Å²) in [6.45, 7) is 7.39. The Labute approximate surface area is 165 Å². The third-order valence-corrected chi connectivity index (χ3v) is 4.04. The fourth-order valence-electron chi connectivity index (χ4n) is 2.50. The zero-order chi connectivity index (χ0) is 20.7. The number of amides is 1. The molecule has 2 aromatic carbocycles. The van der Waals surface area contributed by atoms with Gasteiger partial charge in [0, 0.05) is 5.69 Å². The zero-order valence-corrected chi connectivity index (χ0v) is 16.9. The summed E-state index contributed by atoms with van der Waals surface area (Å²) in [5.41, 5.74) is 2.11. The number of ether oxygens (including phenoxy) is 3. The van der Waals surface area contributed by atoms with E-state index in [9.17, 15) is 9.59 Å². The number of benzene rings is 2. The largest absolute Gasteiger partial charge is 0.493 e. The predicted octanol–water partition coefficient (Wildman–Crippen LogP) is 4.23. The minimum atomic E-state index is -0.948. The van der Waals surface area contributed by atoms with E-state index in [-0.39, 0.29) is 11.7 Å². The van der Waals surface area contributed by atoms with Crippen molar-refractivity contribution in [3.05, 3.63) is 53.6 Å². The van der Waals surface area contributed by atoms with Crippen molar-refractivity contribution in [1.29, 1.82) is 0 Å². The molecule has 0 aliphatic heterocycles. The Balaban J connectivity index is 2.01. The second kappa shape index (κ2) is 9.78. The lowest BCUT2D eigenvalue weighted by Crippen LogP contribution is -2.30. The molecule has 0 aliphatic carbocycles. The van der Waals surface area contributed by atoms with Gasteiger partial charge in [-0.1, -0.05) is 19.1 Å². The second-order valence-corrected chi connectivity index (χ2v) is 6.62. The molecule has 1 unspecified atom stereocenters. The first kappa shape index (κ1) is 21.3. The third kappa shape index (κ3) is 5.74. The van der Waals surface area contributed by atoms with Crippen molar-refractivity contribution in [2.24, 2.45) is 0 Å². The smallest absolute Gasteiger partial charge is 0.339 e. The number of hydrogen-bond donors (Lipinski definition) is 1. The van der Waals surface area contributed by atoms with E-state index in [1.165, 1.54) is 25.7 Å². The van der Waals surface area contributed by atoms with E-state index in [1.807, 2.05) is 38.1 Å². The van der Waals surface area contributed by atoms with Crippen LogP contribution in [0.2, 0.25) is 0 Å². The van der Waals surface area contributed by atoms with Crippen molar-refractivity contribution in [1.82, 2.24) is 0 Å². The van der Waals surface area contributed by atoms with Crippen molar-refractivity contribution in [3.63, 3.8) is 0 Å². The van der Waals surface area contributed by atoms with Crippen LogP contribution in [0.3, 0.4) is 0 Å². The first-order valence-electron chi connectivity index (χ1n) is 9.29. The number of hydrogen-bond acceptors (Lipinski definition) is 5. The van der Waals surface area contributed by atoms with Crippen LogP contribution >= 0.6 is 0 Å². The number of esters is 1. The molecule has 0 spiro atoms. The first-order valence-corrected chi connectivity index (χ1v) is 9.29. The van der Waals surface area contributed by atoms with Gasteiger partial charge in [-0.2, -0.15) is 0 Å². The first-order chi connectivity index (χ1) is 13.3. The normalized spacial score (nSPS) is 11.6. The van der Waals surface area contributed by atoms with Crippen LogP contribution in [0.5, 0.6) is 11.5 Å². The molecule has 6 nitrogen and oxygen atoms in total. The summed E-state index contributed by atoms with van der Waals surface area (Å²) in [6.07, 6.45) is -0.0510. The highest BCUT2D eigenvalue weighted by molar-refractivity contribution is 5.97. The molecule has 1 N–H and O–H groups in total. The van der Waals surface area contributed by atoms with Crippen LogP contribution in [0, 0.1) is 0 Å². The van der Waals surface area contributed by atoms with E-state index >= 15 is 0 Å². The highest BCUT2D eigenvalue weighted by Crippen LogP contribution is 2.29.